The Bertz CT molecular complexity index is 316. The first-order valence-corrected chi connectivity index (χ1v) is 14.6. The van der Waals surface area contributed by atoms with Gasteiger partial charge in [0, 0.05) is 25.9 Å². The van der Waals surface area contributed by atoms with Crippen molar-refractivity contribution >= 4 is 17.0 Å². The van der Waals surface area contributed by atoms with Crippen LogP contribution in [0, 0.1) is 0 Å². The average Bonchev–Trinajstić information content (AvgIpc) is 2.46. The van der Waals surface area contributed by atoms with Gasteiger partial charge in [0.2, 0.25) is 0 Å². The molecule has 0 aliphatic carbocycles. The van der Waals surface area contributed by atoms with Crippen LogP contribution in [-0.2, 0) is 13.3 Å². The van der Waals surface area contributed by atoms with Crippen LogP contribution in [0.3, 0.4) is 0 Å². The monoisotopic (exact) mass is 377 g/mol. The van der Waals surface area contributed by atoms with E-state index in [-0.39, 0.29) is 0 Å². The molecule has 146 valence electrons. The summed E-state index contributed by atoms with van der Waals surface area (Å²) in [5, 5.41) is 0.341. The van der Waals surface area contributed by atoms with Crippen molar-refractivity contribution in [3.63, 3.8) is 0 Å². The highest BCUT2D eigenvalue weighted by molar-refractivity contribution is 6.77. The lowest BCUT2D eigenvalue weighted by molar-refractivity contribution is 0.0698. The van der Waals surface area contributed by atoms with Gasteiger partial charge in [0.1, 0.15) is 8.24 Å². The highest BCUT2D eigenvalue weighted by atomic mass is 28.4. The van der Waals surface area contributed by atoms with Crippen LogP contribution >= 0.6 is 0 Å². The molecule has 0 atom stereocenters. The zero-order valence-electron chi connectivity index (χ0n) is 17.8. The summed E-state index contributed by atoms with van der Waals surface area (Å²) in [6, 6.07) is 0.888. The predicted octanol–water partition coefficient (Wildman–Crippen LogP) is 5.14. The van der Waals surface area contributed by atoms with E-state index in [9.17, 15) is 0 Å². The zero-order valence-corrected chi connectivity index (χ0v) is 19.8. The van der Waals surface area contributed by atoms with E-state index in [0.29, 0.717) is 24.9 Å². The van der Waals surface area contributed by atoms with Gasteiger partial charge in [-0.2, -0.15) is 0 Å². The molecule has 6 heteroatoms. The first-order valence-electron chi connectivity index (χ1n) is 9.77. The molecule has 0 spiro atoms. The molecule has 0 fully saturated rings. The van der Waals surface area contributed by atoms with Crippen molar-refractivity contribution in [3.8, 4) is 0 Å². The molecular weight excluding hydrogens is 334 g/mol. The first-order chi connectivity index (χ1) is 11.1. The second-order valence-corrected chi connectivity index (χ2v) is 15.9. The molecule has 0 bridgehead atoms. The van der Waals surface area contributed by atoms with E-state index in [1.54, 1.807) is 0 Å². The van der Waals surface area contributed by atoms with Crippen LogP contribution in [-0.4, -0.2) is 54.5 Å². The average molecular weight is 378 g/mol. The lowest BCUT2D eigenvalue weighted by atomic mass is 10.2. The molecule has 0 heterocycles. The molecule has 0 aliphatic heterocycles. The Morgan fingerprint density at radius 1 is 0.792 bits per heavy atom. The van der Waals surface area contributed by atoms with Gasteiger partial charge in [-0.25, -0.2) is 0 Å². The minimum Gasteiger partial charge on any atom is -0.374 e. The molecule has 0 unspecified atom stereocenters. The second-order valence-electron chi connectivity index (χ2n) is 7.88. The van der Waals surface area contributed by atoms with Gasteiger partial charge in [0.25, 0.3) is 0 Å². The summed E-state index contributed by atoms with van der Waals surface area (Å²) in [6.45, 7) is 24.6. The number of nitrogens with zero attached hydrogens (tertiary/aromatic N) is 1. The van der Waals surface area contributed by atoms with Crippen molar-refractivity contribution in [1.82, 2.24) is 4.57 Å². The third-order valence-electron chi connectivity index (χ3n) is 5.19. The van der Waals surface area contributed by atoms with E-state index in [2.05, 4.69) is 45.4 Å². The van der Waals surface area contributed by atoms with Crippen molar-refractivity contribution in [1.29, 1.82) is 0 Å². The van der Waals surface area contributed by atoms with E-state index in [1.165, 1.54) is 19.4 Å². The molecule has 0 radical (unpaired) electrons. The Labute approximate surface area is 153 Å². The molecule has 24 heavy (non-hydrogen) atoms. The fourth-order valence-corrected chi connectivity index (χ4v) is 7.87. The van der Waals surface area contributed by atoms with Crippen molar-refractivity contribution in [2.75, 3.05) is 32.9 Å². The summed E-state index contributed by atoms with van der Waals surface area (Å²) >= 11 is 0. The summed E-state index contributed by atoms with van der Waals surface area (Å²) in [6.07, 6.45) is 2.48. The van der Waals surface area contributed by atoms with Gasteiger partial charge in [-0.1, -0.05) is 47.2 Å². The number of unbranched alkanes of at least 4 members (excludes halogenated alkanes) is 1. The third-order valence-corrected chi connectivity index (χ3v) is 13.9. The van der Waals surface area contributed by atoms with Crippen LogP contribution in [0.1, 0.15) is 61.3 Å². The smallest absolute Gasteiger partial charge is 0.374 e. The molecule has 0 N–H and O–H groups in total. The summed E-state index contributed by atoms with van der Waals surface area (Å²) in [5.74, 6) is 0. The SMILES string of the molecule is CCCCN(CC[Si](OCC)(OCC)OCC)[Si](C)(C)C(C)(C)C. The maximum atomic E-state index is 6.05. The molecular formula is C18H43NO3Si2. The van der Waals surface area contributed by atoms with Gasteiger partial charge in [0.05, 0.1) is 0 Å². The summed E-state index contributed by atoms with van der Waals surface area (Å²) in [5.41, 5.74) is 0. The number of rotatable bonds is 13. The van der Waals surface area contributed by atoms with E-state index in [4.69, 9.17) is 13.3 Å². The van der Waals surface area contributed by atoms with Crippen molar-refractivity contribution in [2.24, 2.45) is 0 Å². The molecule has 0 saturated carbocycles. The van der Waals surface area contributed by atoms with Gasteiger partial charge in [0.15, 0.2) is 0 Å². The van der Waals surface area contributed by atoms with Crippen molar-refractivity contribution < 1.29 is 13.3 Å². The normalized spacial score (nSPS) is 13.8. The maximum Gasteiger partial charge on any atom is 0.502 e. The largest absolute Gasteiger partial charge is 0.502 e. The van der Waals surface area contributed by atoms with E-state index in [0.717, 1.165) is 12.6 Å². The fourth-order valence-electron chi connectivity index (χ4n) is 2.77. The van der Waals surface area contributed by atoms with Gasteiger partial charge in [-0.3, -0.25) is 0 Å². The van der Waals surface area contributed by atoms with Crippen LogP contribution in [0.15, 0.2) is 0 Å². The van der Waals surface area contributed by atoms with Crippen molar-refractivity contribution in [3.05, 3.63) is 0 Å². The Hall–Kier alpha value is 0.274. The van der Waals surface area contributed by atoms with E-state index >= 15 is 0 Å². The number of hydrogen-bond donors (Lipinski definition) is 0. The van der Waals surface area contributed by atoms with Gasteiger partial charge in [-0.05, 0) is 45.3 Å². The number of hydrogen-bond acceptors (Lipinski definition) is 4. The fraction of sp³-hybridized carbons (Fsp3) is 1.00. The van der Waals surface area contributed by atoms with Gasteiger partial charge < -0.3 is 17.8 Å². The Balaban J connectivity index is 5.24. The standard InChI is InChI=1S/C18H43NO3Si2/c1-10-14-15-19(23(8,9)18(5,6)7)16-17-24(20-11-2,21-12-3)22-13-4/h10-17H2,1-9H3. The lowest BCUT2D eigenvalue weighted by Gasteiger charge is -2.47. The Morgan fingerprint density at radius 2 is 1.25 bits per heavy atom. The molecule has 0 amide bonds. The summed E-state index contributed by atoms with van der Waals surface area (Å²) in [7, 11) is -4.11. The molecule has 0 aromatic rings. The predicted molar refractivity (Wildman–Crippen MR) is 109 cm³/mol. The first kappa shape index (κ1) is 24.3. The van der Waals surface area contributed by atoms with Gasteiger partial charge >= 0.3 is 8.80 Å². The van der Waals surface area contributed by atoms with Crippen LogP contribution < -0.4 is 0 Å². The zero-order chi connectivity index (χ0) is 18.9. The summed E-state index contributed by atoms with van der Waals surface area (Å²) < 4.78 is 20.9. The van der Waals surface area contributed by atoms with Crippen LogP contribution in [0.25, 0.3) is 0 Å². The molecule has 0 aliphatic rings. The van der Waals surface area contributed by atoms with Gasteiger partial charge in [-0.15, -0.1) is 0 Å². The lowest BCUT2D eigenvalue weighted by Crippen LogP contribution is -2.57. The molecule has 4 nitrogen and oxygen atoms in total. The van der Waals surface area contributed by atoms with Crippen molar-refractivity contribution in [2.45, 2.75) is 85.5 Å². The second kappa shape index (κ2) is 11.1. The minimum absolute atomic E-state index is 0.341. The Kier molecular flexibility index (Phi) is 11.2. The molecule has 0 saturated heterocycles. The topological polar surface area (TPSA) is 30.9 Å². The highest BCUT2D eigenvalue weighted by Gasteiger charge is 2.45. The molecule has 0 aromatic heterocycles. The van der Waals surface area contributed by atoms with Crippen LogP contribution in [0.4, 0.5) is 0 Å². The van der Waals surface area contributed by atoms with Crippen LogP contribution in [0.2, 0.25) is 24.2 Å². The van der Waals surface area contributed by atoms with Crippen LogP contribution in [0.5, 0.6) is 0 Å². The van der Waals surface area contributed by atoms with E-state index < -0.39 is 17.0 Å². The quantitative estimate of drug-likeness (QED) is 0.416. The third kappa shape index (κ3) is 7.26. The van der Waals surface area contributed by atoms with E-state index in [1.807, 2.05) is 20.8 Å². The summed E-state index contributed by atoms with van der Waals surface area (Å²) in [4.78, 5) is 0. The minimum atomic E-state index is -2.55. The highest BCUT2D eigenvalue weighted by Crippen LogP contribution is 2.38. The molecule has 0 aromatic carbocycles. The Morgan fingerprint density at radius 3 is 1.58 bits per heavy atom. The maximum absolute atomic E-state index is 6.05. The molecule has 0 rings (SSSR count).